The molecule has 0 radical (unpaired) electrons. The highest BCUT2D eigenvalue weighted by molar-refractivity contribution is 7.79. The Bertz CT molecular complexity index is 1070. The Morgan fingerprint density at radius 1 is 1.33 bits per heavy atom. The Morgan fingerprint density at radius 2 is 2.10 bits per heavy atom. The van der Waals surface area contributed by atoms with Gasteiger partial charge in [0.2, 0.25) is 0 Å². The lowest BCUT2D eigenvalue weighted by Crippen LogP contribution is -2.36. The smallest absolute Gasteiger partial charge is 0.358 e. The van der Waals surface area contributed by atoms with Crippen molar-refractivity contribution in [2.75, 3.05) is 5.73 Å². The number of thiocarbonyl (C=S) groups is 1. The molecule has 0 amide bonds. The molecule has 156 valence electrons. The Balaban J connectivity index is 1.68. The molecule has 0 spiro atoms. The highest BCUT2D eigenvalue weighted by atomic mass is 32.1. The molecule has 1 saturated heterocycles. The predicted octanol–water partition coefficient (Wildman–Crippen LogP) is 3.66. The average Bonchev–Trinajstić information content (AvgIpc) is 3.30. The van der Waals surface area contributed by atoms with Crippen LogP contribution >= 0.6 is 12.2 Å². The third-order valence-electron chi connectivity index (χ3n) is 5.62. The van der Waals surface area contributed by atoms with Crippen LogP contribution in [0.2, 0.25) is 0 Å². The van der Waals surface area contributed by atoms with Crippen molar-refractivity contribution in [2.24, 2.45) is 5.92 Å². The first-order valence-corrected chi connectivity index (χ1v) is 10.1. The van der Waals surface area contributed by atoms with Crippen molar-refractivity contribution < 1.29 is 14.2 Å². The summed E-state index contributed by atoms with van der Waals surface area (Å²) in [6.45, 7) is 8.08. The summed E-state index contributed by atoms with van der Waals surface area (Å²) in [6, 6.07) is 9.25. The number of rotatable bonds is 5. The number of nitrogens with zero attached hydrogens (tertiary/aromatic N) is 4. The summed E-state index contributed by atoms with van der Waals surface area (Å²) in [7, 11) is 0. The number of ether oxygens (including phenoxy) is 3. The van der Waals surface area contributed by atoms with Gasteiger partial charge in [-0.15, -0.1) is 6.58 Å². The first-order chi connectivity index (χ1) is 14.5. The molecular weight excluding hydrogens is 402 g/mol. The van der Waals surface area contributed by atoms with E-state index in [1.54, 1.807) is 10.9 Å². The zero-order valence-electron chi connectivity index (χ0n) is 16.8. The standard InChI is InChI=1S/C21H23N5O3S/c1-4-21(5-2)13(3)16(28-20(30)27-14-9-7-6-8-10-14)19(29-21)26-12-25-15-17(22)23-11-24-18(15)26/h4,6-13,16,19H,1,5H2,2-3H3,(H2,22,23,24). The fraction of sp³-hybridized carbons (Fsp3) is 0.333. The van der Waals surface area contributed by atoms with Crippen LogP contribution < -0.4 is 10.5 Å². The number of imidazole rings is 1. The average molecular weight is 426 g/mol. The maximum atomic E-state index is 6.48. The molecule has 2 aromatic heterocycles. The van der Waals surface area contributed by atoms with E-state index < -0.39 is 17.9 Å². The minimum atomic E-state index is -0.604. The molecule has 9 heteroatoms. The highest BCUT2D eigenvalue weighted by Gasteiger charge is 2.53. The van der Waals surface area contributed by atoms with Crippen molar-refractivity contribution >= 4 is 34.4 Å². The van der Waals surface area contributed by atoms with Crippen LogP contribution in [0.5, 0.6) is 5.75 Å². The van der Waals surface area contributed by atoms with Crippen LogP contribution in [0, 0.1) is 5.92 Å². The number of hydrogen-bond acceptors (Lipinski definition) is 8. The summed E-state index contributed by atoms with van der Waals surface area (Å²) >= 11 is 5.38. The van der Waals surface area contributed by atoms with Gasteiger partial charge in [-0.3, -0.25) is 4.57 Å². The van der Waals surface area contributed by atoms with E-state index in [2.05, 4.69) is 21.5 Å². The Morgan fingerprint density at radius 3 is 2.80 bits per heavy atom. The lowest BCUT2D eigenvalue weighted by molar-refractivity contribution is -0.0676. The SMILES string of the molecule is C=CC1(CC)OC(n2cnc3c(N)ncnc32)C(OC(=S)Oc2ccccc2)C1C. The molecule has 1 fully saturated rings. The van der Waals surface area contributed by atoms with Gasteiger partial charge >= 0.3 is 5.24 Å². The molecule has 2 N–H and O–H groups in total. The fourth-order valence-electron chi connectivity index (χ4n) is 3.86. The summed E-state index contributed by atoms with van der Waals surface area (Å²) in [5.74, 6) is 0.833. The van der Waals surface area contributed by atoms with Crippen LogP contribution in [0.1, 0.15) is 26.5 Å². The van der Waals surface area contributed by atoms with Gasteiger partial charge in [-0.1, -0.05) is 38.1 Å². The minimum absolute atomic E-state index is 0.0150. The molecule has 0 saturated carbocycles. The number of fused-ring (bicyclic) bond motifs is 1. The first-order valence-electron chi connectivity index (χ1n) is 9.67. The van der Waals surface area contributed by atoms with Crippen molar-refractivity contribution in [1.82, 2.24) is 19.5 Å². The highest BCUT2D eigenvalue weighted by Crippen LogP contribution is 2.46. The van der Waals surface area contributed by atoms with Gasteiger partial charge < -0.3 is 19.9 Å². The predicted molar refractivity (Wildman–Crippen MR) is 117 cm³/mol. The number of benzene rings is 1. The van der Waals surface area contributed by atoms with Crippen molar-refractivity contribution in [3.8, 4) is 5.75 Å². The van der Waals surface area contributed by atoms with E-state index in [9.17, 15) is 0 Å². The van der Waals surface area contributed by atoms with E-state index in [-0.39, 0.29) is 11.2 Å². The maximum Gasteiger partial charge on any atom is 0.358 e. The van der Waals surface area contributed by atoms with E-state index >= 15 is 0 Å². The number of nitrogen functional groups attached to an aromatic ring is 1. The summed E-state index contributed by atoms with van der Waals surface area (Å²) < 4.78 is 20.1. The molecule has 0 aliphatic carbocycles. The zero-order chi connectivity index (χ0) is 21.3. The van der Waals surface area contributed by atoms with Gasteiger partial charge in [0.25, 0.3) is 0 Å². The number of anilines is 1. The molecule has 1 aliphatic heterocycles. The van der Waals surface area contributed by atoms with E-state index in [0.717, 1.165) is 0 Å². The quantitative estimate of drug-likeness (QED) is 0.489. The Labute approximate surface area is 179 Å². The van der Waals surface area contributed by atoms with Crippen LogP contribution in [0.3, 0.4) is 0 Å². The van der Waals surface area contributed by atoms with Crippen molar-refractivity contribution in [2.45, 2.75) is 38.2 Å². The van der Waals surface area contributed by atoms with E-state index in [1.165, 1.54) is 6.33 Å². The number of para-hydroxylation sites is 1. The van der Waals surface area contributed by atoms with E-state index in [4.69, 9.17) is 32.2 Å². The van der Waals surface area contributed by atoms with Crippen molar-refractivity contribution in [3.63, 3.8) is 0 Å². The van der Waals surface area contributed by atoms with Crippen molar-refractivity contribution in [1.29, 1.82) is 0 Å². The van der Waals surface area contributed by atoms with Gasteiger partial charge in [0.15, 0.2) is 23.8 Å². The third kappa shape index (κ3) is 3.40. The molecule has 0 bridgehead atoms. The molecule has 3 aromatic rings. The molecule has 4 rings (SSSR count). The largest absolute Gasteiger partial charge is 0.448 e. The van der Waals surface area contributed by atoms with Crippen LogP contribution in [-0.2, 0) is 9.47 Å². The Hall–Kier alpha value is -3.04. The monoisotopic (exact) mass is 425 g/mol. The maximum absolute atomic E-state index is 6.48. The van der Waals surface area contributed by atoms with Gasteiger partial charge in [-0.05, 0) is 18.6 Å². The lowest BCUT2D eigenvalue weighted by atomic mass is 9.85. The Kier molecular flexibility index (Phi) is 5.40. The van der Waals surface area contributed by atoms with Crippen LogP contribution in [0.4, 0.5) is 5.82 Å². The number of aromatic nitrogens is 4. The van der Waals surface area contributed by atoms with Crippen LogP contribution in [0.15, 0.2) is 55.6 Å². The summed E-state index contributed by atoms with van der Waals surface area (Å²) in [4.78, 5) is 12.7. The van der Waals surface area contributed by atoms with Gasteiger partial charge in [0.1, 0.15) is 17.6 Å². The second kappa shape index (κ2) is 8.00. The van der Waals surface area contributed by atoms with Crippen LogP contribution in [-0.4, -0.2) is 36.5 Å². The summed E-state index contributed by atoms with van der Waals surface area (Å²) in [6.07, 6.45) is 4.52. The normalized spacial score (nSPS) is 25.9. The molecule has 1 aliphatic rings. The minimum Gasteiger partial charge on any atom is -0.448 e. The van der Waals surface area contributed by atoms with Gasteiger partial charge in [0.05, 0.1) is 11.9 Å². The van der Waals surface area contributed by atoms with Gasteiger partial charge in [-0.2, -0.15) is 0 Å². The second-order valence-electron chi connectivity index (χ2n) is 7.14. The first kappa shape index (κ1) is 20.2. The molecule has 4 unspecified atom stereocenters. The van der Waals surface area contributed by atoms with E-state index in [0.29, 0.717) is 29.2 Å². The number of hydrogen-bond donors (Lipinski definition) is 1. The summed E-state index contributed by atoms with van der Waals surface area (Å²) in [5.41, 5.74) is 6.40. The van der Waals surface area contributed by atoms with Gasteiger partial charge in [-0.25, -0.2) is 15.0 Å². The third-order valence-corrected chi connectivity index (χ3v) is 5.80. The van der Waals surface area contributed by atoms with E-state index in [1.807, 2.05) is 50.3 Å². The number of nitrogens with two attached hydrogens (primary N) is 1. The van der Waals surface area contributed by atoms with Crippen LogP contribution in [0.25, 0.3) is 11.2 Å². The molecule has 3 heterocycles. The van der Waals surface area contributed by atoms with Crippen molar-refractivity contribution in [3.05, 3.63) is 55.6 Å². The molecule has 1 aromatic carbocycles. The zero-order valence-corrected chi connectivity index (χ0v) is 17.6. The topological polar surface area (TPSA) is 97.3 Å². The molecule has 8 nitrogen and oxygen atoms in total. The lowest BCUT2D eigenvalue weighted by Gasteiger charge is -2.28. The molecular formula is C21H23N5O3S. The molecule has 4 atom stereocenters. The second-order valence-corrected chi connectivity index (χ2v) is 7.47. The summed E-state index contributed by atoms with van der Waals surface area (Å²) in [5, 5.41) is 0.0150. The fourth-order valence-corrected chi connectivity index (χ4v) is 4.07. The van der Waals surface area contributed by atoms with Gasteiger partial charge in [0, 0.05) is 18.1 Å². The molecule has 30 heavy (non-hydrogen) atoms.